The van der Waals surface area contributed by atoms with Gasteiger partial charge in [-0.15, -0.1) is 11.3 Å². The summed E-state index contributed by atoms with van der Waals surface area (Å²) in [5.41, 5.74) is 1.80. The molecule has 1 heterocycles. The van der Waals surface area contributed by atoms with E-state index < -0.39 is 5.41 Å². The van der Waals surface area contributed by atoms with Crippen LogP contribution in [0, 0.1) is 23.7 Å². The summed E-state index contributed by atoms with van der Waals surface area (Å²) < 4.78 is 0. The maximum Gasteiger partial charge on any atom is 0.242 e. The van der Waals surface area contributed by atoms with E-state index in [-0.39, 0.29) is 5.91 Å². The number of carbonyl (C=O) groups excluding carboxylic acids is 1. The zero-order valence-corrected chi connectivity index (χ0v) is 11.5. The van der Waals surface area contributed by atoms with Crippen molar-refractivity contribution in [1.82, 2.24) is 9.88 Å². The van der Waals surface area contributed by atoms with Crippen molar-refractivity contribution in [3.63, 3.8) is 0 Å². The molecule has 0 spiro atoms. The third-order valence-corrected chi connectivity index (χ3v) is 3.92. The first kappa shape index (κ1) is 13.7. The van der Waals surface area contributed by atoms with Crippen LogP contribution >= 0.6 is 11.3 Å². The molecule has 0 aliphatic rings. The second kappa shape index (κ2) is 5.28. The number of hydrogen-bond acceptors (Lipinski definition) is 4. The number of aryl methyl sites for hydroxylation is 1. The molecule has 5 heteroatoms. The van der Waals surface area contributed by atoms with Crippen LogP contribution in [0.4, 0.5) is 0 Å². The molecule has 0 saturated heterocycles. The molecular formula is C12H17N3OS. The predicted molar refractivity (Wildman–Crippen MR) is 67.3 cm³/mol. The van der Waals surface area contributed by atoms with E-state index in [2.05, 4.69) is 11.1 Å². The third-order valence-electron chi connectivity index (χ3n) is 3.00. The van der Waals surface area contributed by atoms with Gasteiger partial charge in [-0.3, -0.25) is 4.79 Å². The second-order valence-corrected chi connectivity index (χ2v) is 5.26. The lowest BCUT2D eigenvalue weighted by Gasteiger charge is -2.25. The Kier molecular flexibility index (Phi) is 4.24. The van der Waals surface area contributed by atoms with Gasteiger partial charge in [-0.25, -0.2) is 4.98 Å². The number of carbonyl (C=O) groups is 1. The molecule has 0 aliphatic heterocycles. The highest BCUT2D eigenvalue weighted by Crippen LogP contribution is 2.24. The average Bonchev–Trinajstić information content (AvgIpc) is 2.73. The Morgan fingerprint density at radius 1 is 1.71 bits per heavy atom. The van der Waals surface area contributed by atoms with E-state index in [1.807, 2.05) is 13.8 Å². The first-order valence-corrected chi connectivity index (χ1v) is 6.38. The molecule has 92 valence electrons. The van der Waals surface area contributed by atoms with E-state index in [0.717, 1.165) is 10.6 Å². The molecule has 1 rings (SSSR count). The van der Waals surface area contributed by atoms with Gasteiger partial charge in [0.2, 0.25) is 5.91 Å². The van der Waals surface area contributed by atoms with Crippen LogP contribution < -0.4 is 0 Å². The molecule has 0 aliphatic carbocycles. The van der Waals surface area contributed by atoms with Crippen molar-refractivity contribution in [3.05, 3.63) is 16.1 Å². The maximum atomic E-state index is 12.2. The number of hydrogen-bond donors (Lipinski definition) is 0. The number of amides is 1. The third kappa shape index (κ3) is 2.83. The summed E-state index contributed by atoms with van der Waals surface area (Å²) in [6.07, 6.45) is 0.522. The van der Waals surface area contributed by atoms with Crippen LogP contribution in [0.5, 0.6) is 0 Å². The molecule has 1 atom stereocenters. The summed E-state index contributed by atoms with van der Waals surface area (Å²) in [4.78, 5) is 19.0. The van der Waals surface area contributed by atoms with Crippen molar-refractivity contribution in [2.45, 2.75) is 33.7 Å². The maximum absolute atomic E-state index is 12.2. The Morgan fingerprint density at radius 2 is 2.35 bits per heavy atom. The van der Waals surface area contributed by atoms with Crippen molar-refractivity contribution in [1.29, 1.82) is 5.26 Å². The van der Waals surface area contributed by atoms with Gasteiger partial charge in [-0.05, 0) is 20.3 Å². The molecule has 1 aromatic heterocycles. The molecule has 1 unspecified atom stereocenters. The lowest BCUT2D eigenvalue weighted by Crippen LogP contribution is -2.38. The van der Waals surface area contributed by atoms with E-state index in [1.165, 1.54) is 11.3 Å². The highest BCUT2D eigenvalue weighted by atomic mass is 32.1. The summed E-state index contributed by atoms with van der Waals surface area (Å²) in [5.74, 6) is -0.129. The predicted octanol–water partition coefficient (Wildman–Crippen LogP) is 2.35. The Balaban J connectivity index is 2.79. The van der Waals surface area contributed by atoms with E-state index in [4.69, 9.17) is 5.26 Å². The molecule has 0 fully saturated rings. The highest BCUT2D eigenvalue weighted by Gasteiger charge is 2.34. The van der Waals surface area contributed by atoms with Gasteiger partial charge in [0.05, 0.1) is 23.8 Å². The topological polar surface area (TPSA) is 57.0 Å². The van der Waals surface area contributed by atoms with Crippen molar-refractivity contribution in [2.24, 2.45) is 5.41 Å². The normalized spacial score (nSPS) is 13.8. The fourth-order valence-corrected chi connectivity index (χ4v) is 2.29. The molecule has 0 bridgehead atoms. The molecule has 17 heavy (non-hydrogen) atoms. The van der Waals surface area contributed by atoms with Crippen LogP contribution in [-0.2, 0) is 11.3 Å². The van der Waals surface area contributed by atoms with Gasteiger partial charge in [-0.1, -0.05) is 6.92 Å². The number of rotatable bonds is 4. The van der Waals surface area contributed by atoms with Gasteiger partial charge in [0.1, 0.15) is 5.41 Å². The van der Waals surface area contributed by atoms with Crippen LogP contribution in [0.3, 0.4) is 0 Å². The lowest BCUT2D eigenvalue weighted by atomic mass is 9.88. The van der Waals surface area contributed by atoms with Crippen LogP contribution in [0.15, 0.2) is 5.51 Å². The Bertz CT molecular complexity index is 449. The van der Waals surface area contributed by atoms with Gasteiger partial charge in [0, 0.05) is 11.9 Å². The molecular weight excluding hydrogens is 234 g/mol. The number of aromatic nitrogens is 1. The minimum absolute atomic E-state index is 0.129. The summed E-state index contributed by atoms with van der Waals surface area (Å²) in [6, 6.07) is 2.10. The first-order valence-electron chi connectivity index (χ1n) is 5.50. The summed E-state index contributed by atoms with van der Waals surface area (Å²) >= 11 is 1.53. The Hall–Kier alpha value is -1.41. The van der Waals surface area contributed by atoms with Crippen molar-refractivity contribution in [3.8, 4) is 6.07 Å². The fraction of sp³-hybridized carbons (Fsp3) is 0.583. The zero-order valence-electron chi connectivity index (χ0n) is 10.6. The van der Waals surface area contributed by atoms with E-state index in [0.29, 0.717) is 13.0 Å². The fourth-order valence-electron chi connectivity index (χ4n) is 1.46. The monoisotopic (exact) mass is 251 g/mol. The summed E-state index contributed by atoms with van der Waals surface area (Å²) in [6.45, 7) is 5.98. The van der Waals surface area contributed by atoms with E-state index in [9.17, 15) is 4.79 Å². The standard InChI is InChI=1S/C12H17N3OS/c1-5-12(3,7-13)11(16)15(4)6-10-9(2)14-8-17-10/h8H,5-6H2,1-4H3. The SMILES string of the molecule is CCC(C)(C#N)C(=O)N(C)Cc1scnc1C. The zero-order chi connectivity index (χ0) is 13.1. The number of nitrogens with zero attached hydrogens (tertiary/aromatic N) is 3. The number of nitriles is 1. The van der Waals surface area contributed by atoms with Gasteiger partial charge in [0.15, 0.2) is 0 Å². The molecule has 1 aromatic rings. The first-order chi connectivity index (χ1) is 7.94. The lowest BCUT2D eigenvalue weighted by molar-refractivity contribution is -0.137. The molecule has 0 radical (unpaired) electrons. The minimum Gasteiger partial charge on any atom is -0.339 e. The largest absolute Gasteiger partial charge is 0.339 e. The van der Waals surface area contributed by atoms with Gasteiger partial charge >= 0.3 is 0 Å². The van der Waals surface area contributed by atoms with Gasteiger partial charge in [-0.2, -0.15) is 5.26 Å². The van der Waals surface area contributed by atoms with Crippen molar-refractivity contribution >= 4 is 17.2 Å². The molecule has 0 N–H and O–H groups in total. The van der Waals surface area contributed by atoms with Crippen LogP contribution in [-0.4, -0.2) is 22.8 Å². The molecule has 0 saturated carbocycles. The van der Waals surface area contributed by atoms with Crippen molar-refractivity contribution in [2.75, 3.05) is 7.05 Å². The summed E-state index contributed by atoms with van der Waals surface area (Å²) in [7, 11) is 1.73. The van der Waals surface area contributed by atoms with Gasteiger partial charge in [0.25, 0.3) is 0 Å². The second-order valence-electron chi connectivity index (χ2n) is 4.32. The average molecular weight is 251 g/mol. The molecule has 0 aromatic carbocycles. The van der Waals surface area contributed by atoms with Gasteiger partial charge < -0.3 is 4.90 Å². The smallest absolute Gasteiger partial charge is 0.242 e. The van der Waals surface area contributed by atoms with Crippen LogP contribution in [0.1, 0.15) is 30.8 Å². The number of thiazole rings is 1. The highest BCUT2D eigenvalue weighted by molar-refractivity contribution is 7.09. The van der Waals surface area contributed by atoms with E-state index in [1.54, 1.807) is 24.4 Å². The molecule has 1 amide bonds. The summed E-state index contributed by atoms with van der Waals surface area (Å²) in [5, 5.41) is 9.08. The van der Waals surface area contributed by atoms with Crippen LogP contribution in [0.2, 0.25) is 0 Å². The Labute approximate surface area is 106 Å². The minimum atomic E-state index is -0.923. The Morgan fingerprint density at radius 3 is 2.76 bits per heavy atom. The van der Waals surface area contributed by atoms with Crippen molar-refractivity contribution < 1.29 is 4.79 Å². The van der Waals surface area contributed by atoms with Crippen LogP contribution in [0.25, 0.3) is 0 Å². The molecule has 4 nitrogen and oxygen atoms in total. The quantitative estimate of drug-likeness (QED) is 0.825. The van der Waals surface area contributed by atoms with E-state index >= 15 is 0 Å².